The number of aromatic nitrogens is 2. The van der Waals surface area contributed by atoms with Gasteiger partial charge in [-0.1, -0.05) is 24.3 Å². The molecule has 1 aliphatic heterocycles. The van der Waals surface area contributed by atoms with Crippen LogP contribution in [-0.4, -0.2) is 34.9 Å². The molecule has 3 aromatic rings. The molecule has 6 nitrogen and oxygen atoms in total. The molecule has 1 aliphatic rings. The quantitative estimate of drug-likeness (QED) is 0.481. The van der Waals surface area contributed by atoms with Gasteiger partial charge in [0.2, 0.25) is 11.8 Å². The molecule has 2 N–H and O–H groups in total. The van der Waals surface area contributed by atoms with Gasteiger partial charge in [0.1, 0.15) is 5.82 Å². The lowest BCUT2D eigenvalue weighted by molar-refractivity contribution is -0.117. The standard InChI is InChI=1S/C23H24N4O2/c28-22(24-15-3-7-21-25-19-5-1-2-6-20(19)26-21)14-11-17-9-12-18(13-10-17)27-16-4-8-23(27)29/h1-2,5-6,9-14H,3-4,7-8,15-16H2,(H,24,28)(H,25,26)/b14-11+. The summed E-state index contributed by atoms with van der Waals surface area (Å²) in [6.07, 6.45) is 6.46. The van der Waals surface area contributed by atoms with Crippen LogP contribution in [-0.2, 0) is 16.0 Å². The van der Waals surface area contributed by atoms with Crippen LogP contribution in [0, 0.1) is 0 Å². The normalized spacial score (nSPS) is 14.2. The number of aryl methyl sites for hydroxylation is 1. The van der Waals surface area contributed by atoms with Gasteiger partial charge in [0.05, 0.1) is 11.0 Å². The molecule has 2 heterocycles. The maximum atomic E-state index is 12.0. The zero-order valence-corrected chi connectivity index (χ0v) is 16.2. The molecule has 0 bridgehead atoms. The van der Waals surface area contributed by atoms with Crippen molar-refractivity contribution in [2.75, 3.05) is 18.0 Å². The highest BCUT2D eigenvalue weighted by Crippen LogP contribution is 2.21. The summed E-state index contributed by atoms with van der Waals surface area (Å²) in [5.41, 5.74) is 3.85. The highest BCUT2D eigenvalue weighted by atomic mass is 16.2. The molecule has 1 fully saturated rings. The Morgan fingerprint density at radius 1 is 1.17 bits per heavy atom. The Morgan fingerprint density at radius 3 is 2.76 bits per heavy atom. The minimum Gasteiger partial charge on any atom is -0.353 e. The van der Waals surface area contributed by atoms with E-state index in [1.807, 2.05) is 53.4 Å². The summed E-state index contributed by atoms with van der Waals surface area (Å²) >= 11 is 0. The minimum absolute atomic E-state index is 0.117. The second-order valence-electron chi connectivity index (χ2n) is 7.17. The van der Waals surface area contributed by atoms with Crippen molar-refractivity contribution in [3.05, 3.63) is 66.0 Å². The van der Waals surface area contributed by atoms with Crippen LogP contribution in [0.2, 0.25) is 0 Å². The van der Waals surface area contributed by atoms with E-state index in [2.05, 4.69) is 15.3 Å². The van der Waals surface area contributed by atoms with Gasteiger partial charge in [0, 0.05) is 37.7 Å². The van der Waals surface area contributed by atoms with Crippen molar-refractivity contribution in [2.45, 2.75) is 25.7 Å². The zero-order valence-electron chi connectivity index (χ0n) is 16.2. The van der Waals surface area contributed by atoms with E-state index < -0.39 is 0 Å². The number of anilines is 1. The van der Waals surface area contributed by atoms with Gasteiger partial charge < -0.3 is 15.2 Å². The van der Waals surface area contributed by atoms with Crippen molar-refractivity contribution in [1.29, 1.82) is 0 Å². The predicted molar refractivity (Wildman–Crippen MR) is 114 cm³/mol. The van der Waals surface area contributed by atoms with Gasteiger partial charge in [0.25, 0.3) is 0 Å². The molecular formula is C23H24N4O2. The van der Waals surface area contributed by atoms with Gasteiger partial charge in [-0.3, -0.25) is 9.59 Å². The Labute approximate surface area is 169 Å². The summed E-state index contributed by atoms with van der Waals surface area (Å²) < 4.78 is 0. The first-order valence-corrected chi connectivity index (χ1v) is 9.99. The van der Waals surface area contributed by atoms with Gasteiger partial charge >= 0.3 is 0 Å². The highest BCUT2D eigenvalue weighted by molar-refractivity contribution is 5.95. The zero-order chi connectivity index (χ0) is 20.1. The first kappa shape index (κ1) is 18.9. The van der Waals surface area contributed by atoms with E-state index in [9.17, 15) is 9.59 Å². The molecule has 0 atom stereocenters. The number of hydrogen-bond donors (Lipinski definition) is 2. The molecule has 0 saturated carbocycles. The summed E-state index contributed by atoms with van der Waals surface area (Å²) in [6.45, 7) is 1.38. The Balaban J connectivity index is 1.22. The average molecular weight is 388 g/mol. The molecule has 4 rings (SSSR count). The summed E-state index contributed by atoms with van der Waals surface area (Å²) in [6, 6.07) is 15.6. The summed E-state index contributed by atoms with van der Waals surface area (Å²) in [7, 11) is 0. The van der Waals surface area contributed by atoms with Crippen molar-refractivity contribution in [3.63, 3.8) is 0 Å². The van der Waals surface area contributed by atoms with Gasteiger partial charge in [-0.25, -0.2) is 4.98 Å². The topological polar surface area (TPSA) is 78.1 Å². The van der Waals surface area contributed by atoms with Gasteiger partial charge in [-0.05, 0) is 48.7 Å². The molecule has 1 saturated heterocycles. The molecule has 0 radical (unpaired) electrons. The van der Waals surface area contributed by atoms with Crippen LogP contribution in [0.1, 0.15) is 30.7 Å². The van der Waals surface area contributed by atoms with Crippen molar-refractivity contribution in [3.8, 4) is 0 Å². The smallest absolute Gasteiger partial charge is 0.243 e. The van der Waals surface area contributed by atoms with E-state index in [0.29, 0.717) is 13.0 Å². The van der Waals surface area contributed by atoms with Crippen molar-refractivity contribution < 1.29 is 9.59 Å². The maximum Gasteiger partial charge on any atom is 0.243 e. The molecular weight excluding hydrogens is 364 g/mol. The third-order valence-corrected chi connectivity index (χ3v) is 5.03. The molecule has 148 valence electrons. The number of H-pyrrole nitrogens is 1. The fourth-order valence-corrected chi connectivity index (χ4v) is 3.51. The van der Waals surface area contributed by atoms with E-state index in [4.69, 9.17) is 0 Å². The minimum atomic E-state index is -0.117. The predicted octanol–water partition coefficient (Wildman–Crippen LogP) is 3.45. The van der Waals surface area contributed by atoms with Crippen LogP contribution in [0.15, 0.2) is 54.6 Å². The van der Waals surface area contributed by atoms with Crippen molar-refractivity contribution >= 4 is 34.6 Å². The van der Waals surface area contributed by atoms with Gasteiger partial charge in [-0.2, -0.15) is 0 Å². The van der Waals surface area contributed by atoms with Crippen molar-refractivity contribution in [1.82, 2.24) is 15.3 Å². The van der Waals surface area contributed by atoms with Crippen LogP contribution in [0.25, 0.3) is 17.1 Å². The SMILES string of the molecule is O=C(/C=C/c1ccc(N2CCCC2=O)cc1)NCCCc1nc2ccccc2[nH]1. The number of aromatic amines is 1. The number of rotatable bonds is 7. The lowest BCUT2D eigenvalue weighted by atomic mass is 10.2. The number of hydrogen-bond acceptors (Lipinski definition) is 3. The van der Waals surface area contributed by atoms with Crippen molar-refractivity contribution in [2.24, 2.45) is 0 Å². The third kappa shape index (κ3) is 4.71. The van der Waals surface area contributed by atoms with Crippen LogP contribution in [0.3, 0.4) is 0 Å². The fourth-order valence-electron chi connectivity index (χ4n) is 3.51. The number of carbonyl (C=O) groups is 2. The highest BCUT2D eigenvalue weighted by Gasteiger charge is 2.21. The summed E-state index contributed by atoms with van der Waals surface area (Å²) in [4.78, 5) is 33.4. The molecule has 2 amide bonds. The second kappa shape index (κ2) is 8.73. The number of benzene rings is 2. The van der Waals surface area contributed by atoms with Crippen LogP contribution >= 0.6 is 0 Å². The van der Waals surface area contributed by atoms with Crippen LogP contribution in [0.4, 0.5) is 5.69 Å². The Kier molecular flexibility index (Phi) is 5.70. The lowest BCUT2D eigenvalue weighted by Crippen LogP contribution is -2.23. The van der Waals surface area contributed by atoms with Gasteiger partial charge in [-0.15, -0.1) is 0 Å². The monoisotopic (exact) mass is 388 g/mol. The Bertz CT molecular complexity index is 1000. The number of amides is 2. The lowest BCUT2D eigenvalue weighted by Gasteiger charge is -2.15. The molecule has 2 aromatic carbocycles. The maximum absolute atomic E-state index is 12.0. The first-order chi connectivity index (χ1) is 14.2. The molecule has 29 heavy (non-hydrogen) atoms. The number of nitrogens with one attached hydrogen (secondary N) is 2. The number of carbonyl (C=O) groups excluding carboxylic acids is 2. The van der Waals surface area contributed by atoms with E-state index >= 15 is 0 Å². The summed E-state index contributed by atoms with van der Waals surface area (Å²) in [5.74, 6) is 0.997. The average Bonchev–Trinajstić information content (AvgIpc) is 3.35. The van der Waals surface area contributed by atoms with Gasteiger partial charge in [0.15, 0.2) is 0 Å². The largest absolute Gasteiger partial charge is 0.353 e. The van der Waals surface area contributed by atoms with E-state index in [1.54, 1.807) is 6.08 Å². The van der Waals surface area contributed by atoms with E-state index in [1.165, 1.54) is 6.08 Å². The molecule has 6 heteroatoms. The molecule has 0 aliphatic carbocycles. The van der Waals surface area contributed by atoms with E-state index in [0.717, 1.165) is 53.9 Å². The number of para-hydroxylation sites is 2. The van der Waals surface area contributed by atoms with E-state index in [-0.39, 0.29) is 11.8 Å². The number of nitrogens with zero attached hydrogens (tertiary/aromatic N) is 2. The Hall–Kier alpha value is -3.41. The molecule has 1 aromatic heterocycles. The van der Waals surface area contributed by atoms with Crippen LogP contribution < -0.4 is 10.2 Å². The third-order valence-electron chi connectivity index (χ3n) is 5.03. The summed E-state index contributed by atoms with van der Waals surface area (Å²) in [5, 5.41) is 2.90. The molecule has 0 unspecified atom stereocenters. The Morgan fingerprint density at radius 2 is 2.00 bits per heavy atom. The first-order valence-electron chi connectivity index (χ1n) is 9.99. The fraction of sp³-hybridized carbons (Fsp3) is 0.261. The number of imidazole rings is 1. The number of fused-ring (bicyclic) bond motifs is 1. The van der Waals surface area contributed by atoms with Crippen LogP contribution in [0.5, 0.6) is 0 Å². The molecule has 0 spiro atoms. The second-order valence-corrected chi connectivity index (χ2v) is 7.17.